The minimum absolute atomic E-state index is 0.626. The Labute approximate surface area is 166 Å². The van der Waals surface area contributed by atoms with Gasteiger partial charge in [0.2, 0.25) is 0 Å². The van der Waals surface area contributed by atoms with Crippen molar-refractivity contribution in [1.82, 2.24) is 9.97 Å². The molecule has 6 nitrogen and oxygen atoms in total. The number of nitrogens with one attached hydrogen (secondary N) is 2. The van der Waals surface area contributed by atoms with Crippen molar-refractivity contribution in [2.45, 2.75) is 19.9 Å². The summed E-state index contributed by atoms with van der Waals surface area (Å²) in [5.74, 6) is 4.05. The van der Waals surface area contributed by atoms with Gasteiger partial charge in [-0.1, -0.05) is 36.4 Å². The van der Waals surface area contributed by atoms with Crippen LogP contribution in [0.25, 0.3) is 0 Å². The van der Waals surface area contributed by atoms with Crippen LogP contribution >= 0.6 is 0 Å². The Kier molecular flexibility index (Phi) is 6.68. The summed E-state index contributed by atoms with van der Waals surface area (Å²) in [6.45, 7) is 3.27. The van der Waals surface area contributed by atoms with Gasteiger partial charge in [-0.2, -0.15) is 0 Å². The maximum atomic E-state index is 5.41. The first-order valence-electron chi connectivity index (χ1n) is 9.27. The highest BCUT2D eigenvalue weighted by atomic mass is 16.5. The van der Waals surface area contributed by atoms with E-state index >= 15 is 0 Å². The Morgan fingerprint density at radius 2 is 1.36 bits per heavy atom. The van der Waals surface area contributed by atoms with Gasteiger partial charge in [-0.25, -0.2) is 9.97 Å². The highest BCUT2D eigenvalue weighted by Crippen LogP contribution is 2.20. The maximum Gasteiger partial charge on any atom is 0.132 e. The van der Waals surface area contributed by atoms with Gasteiger partial charge in [-0.15, -0.1) is 0 Å². The molecule has 0 amide bonds. The molecule has 0 bridgehead atoms. The van der Waals surface area contributed by atoms with Crippen LogP contribution in [0.1, 0.15) is 17.0 Å². The molecule has 28 heavy (non-hydrogen) atoms. The Hall–Kier alpha value is -3.28. The van der Waals surface area contributed by atoms with Gasteiger partial charge in [0.1, 0.15) is 29.0 Å². The van der Waals surface area contributed by atoms with Gasteiger partial charge in [-0.3, -0.25) is 0 Å². The second-order valence-electron chi connectivity index (χ2n) is 6.34. The van der Waals surface area contributed by atoms with E-state index in [2.05, 4.69) is 26.7 Å². The fraction of sp³-hybridized carbons (Fsp3) is 0.273. The highest BCUT2D eigenvalue weighted by molar-refractivity contribution is 5.49. The van der Waals surface area contributed by atoms with Crippen LogP contribution in [-0.4, -0.2) is 30.7 Å². The van der Waals surface area contributed by atoms with E-state index in [-0.39, 0.29) is 0 Å². The van der Waals surface area contributed by atoms with E-state index in [0.717, 1.165) is 47.2 Å². The predicted octanol–water partition coefficient (Wildman–Crippen LogP) is 4.07. The summed E-state index contributed by atoms with van der Waals surface area (Å²) in [6, 6.07) is 17.9. The molecule has 0 saturated carbocycles. The SMILES string of the molecule is COc1ccccc1CCNc1cc(NCc2ccccc2OC)nc(C)n1. The largest absolute Gasteiger partial charge is 0.496 e. The summed E-state index contributed by atoms with van der Waals surface area (Å²) in [5.41, 5.74) is 2.24. The van der Waals surface area contributed by atoms with Crippen LogP contribution < -0.4 is 20.1 Å². The van der Waals surface area contributed by atoms with Crippen molar-refractivity contribution in [1.29, 1.82) is 0 Å². The molecule has 0 aliphatic heterocycles. The number of methoxy groups -OCH3 is 2. The Bertz CT molecular complexity index is 915. The Balaban J connectivity index is 1.61. The van der Waals surface area contributed by atoms with Crippen molar-refractivity contribution in [3.63, 3.8) is 0 Å². The number of hydrogen-bond donors (Lipinski definition) is 2. The first-order valence-corrected chi connectivity index (χ1v) is 9.27. The lowest BCUT2D eigenvalue weighted by Gasteiger charge is -2.12. The average molecular weight is 378 g/mol. The third-order valence-corrected chi connectivity index (χ3v) is 4.38. The number of benzene rings is 2. The van der Waals surface area contributed by atoms with Crippen molar-refractivity contribution in [3.05, 3.63) is 71.5 Å². The zero-order valence-corrected chi connectivity index (χ0v) is 16.5. The molecule has 3 aromatic rings. The number of nitrogens with zero attached hydrogens (tertiary/aromatic N) is 2. The molecule has 1 heterocycles. The summed E-state index contributed by atoms with van der Waals surface area (Å²) in [7, 11) is 3.37. The van der Waals surface area contributed by atoms with Crippen molar-refractivity contribution < 1.29 is 9.47 Å². The minimum Gasteiger partial charge on any atom is -0.496 e. The molecule has 0 spiro atoms. The van der Waals surface area contributed by atoms with E-state index in [1.165, 1.54) is 0 Å². The summed E-state index contributed by atoms with van der Waals surface area (Å²) in [5, 5.41) is 6.73. The molecule has 0 aliphatic carbocycles. The standard InChI is InChI=1S/C22H26N4O2/c1-16-25-21(23-13-12-17-8-4-6-10-19(17)27-2)14-22(26-16)24-15-18-9-5-7-11-20(18)28-3/h4-11,14H,12-13,15H2,1-3H3,(H2,23,24,25,26). The molecule has 0 unspecified atom stereocenters. The second kappa shape index (κ2) is 9.60. The number of para-hydroxylation sites is 2. The van der Waals surface area contributed by atoms with Crippen LogP contribution in [0.4, 0.5) is 11.6 Å². The summed E-state index contributed by atoms with van der Waals surface area (Å²) in [6.07, 6.45) is 0.844. The molecule has 146 valence electrons. The number of aromatic nitrogens is 2. The number of hydrogen-bond acceptors (Lipinski definition) is 6. The van der Waals surface area contributed by atoms with Crippen LogP contribution in [0, 0.1) is 6.92 Å². The van der Waals surface area contributed by atoms with Crippen LogP contribution in [0.15, 0.2) is 54.6 Å². The number of aryl methyl sites for hydroxylation is 1. The van der Waals surface area contributed by atoms with Gasteiger partial charge in [-0.05, 0) is 31.0 Å². The smallest absolute Gasteiger partial charge is 0.132 e. The fourth-order valence-electron chi connectivity index (χ4n) is 3.02. The van der Waals surface area contributed by atoms with E-state index in [4.69, 9.17) is 9.47 Å². The highest BCUT2D eigenvalue weighted by Gasteiger charge is 2.06. The molecule has 2 N–H and O–H groups in total. The lowest BCUT2D eigenvalue weighted by atomic mass is 10.1. The summed E-state index contributed by atoms with van der Waals surface area (Å²) < 4.78 is 10.8. The monoisotopic (exact) mass is 378 g/mol. The van der Waals surface area contributed by atoms with Gasteiger partial charge in [0.15, 0.2) is 0 Å². The summed E-state index contributed by atoms with van der Waals surface area (Å²) in [4.78, 5) is 8.95. The molecule has 0 aliphatic rings. The number of rotatable bonds is 9. The second-order valence-corrected chi connectivity index (χ2v) is 6.34. The Morgan fingerprint density at radius 1 is 0.786 bits per heavy atom. The molecular formula is C22H26N4O2. The molecule has 0 saturated heterocycles. The lowest BCUT2D eigenvalue weighted by molar-refractivity contribution is 0.410. The van der Waals surface area contributed by atoms with E-state index < -0.39 is 0 Å². The van der Waals surface area contributed by atoms with Gasteiger partial charge >= 0.3 is 0 Å². The molecule has 0 radical (unpaired) electrons. The van der Waals surface area contributed by atoms with E-state index in [1.54, 1.807) is 14.2 Å². The van der Waals surface area contributed by atoms with Gasteiger partial charge in [0.05, 0.1) is 14.2 Å². The molecule has 3 rings (SSSR count). The maximum absolute atomic E-state index is 5.41. The lowest BCUT2D eigenvalue weighted by Crippen LogP contribution is -2.10. The van der Waals surface area contributed by atoms with Crippen molar-refractivity contribution >= 4 is 11.6 Å². The average Bonchev–Trinajstić information content (AvgIpc) is 2.72. The zero-order chi connectivity index (χ0) is 19.8. The molecule has 2 aromatic carbocycles. The molecule has 0 atom stereocenters. The molecular weight excluding hydrogens is 352 g/mol. The van der Waals surface area contributed by atoms with Crippen LogP contribution in [-0.2, 0) is 13.0 Å². The zero-order valence-electron chi connectivity index (χ0n) is 16.5. The fourth-order valence-corrected chi connectivity index (χ4v) is 3.02. The van der Waals surface area contributed by atoms with Gasteiger partial charge in [0, 0.05) is 24.7 Å². The normalized spacial score (nSPS) is 10.4. The third-order valence-electron chi connectivity index (χ3n) is 4.38. The van der Waals surface area contributed by atoms with Crippen molar-refractivity contribution in [2.75, 3.05) is 31.4 Å². The van der Waals surface area contributed by atoms with Crippen LogP contribution in [0.3, 0.4) is 0 Å². The van der Waals surface area contributed by atoms with E-state index in [9.17, 15) is 0 Å². The third kappa shape index (κ3) is 5.13. The topological polar surface area (TPSA) is 68.3 Å². The summed E-state index contributed by atoms with van der Waals surface area (Å²) >= 11 is 0. The van der Waals surface area contributed by atoms with Crippen LogP contribution in [0.5, 0.6) is 11.5 Å². The van der Waals surface area contributed by atoms with Crippen molar-refractivity contribution in [2.24, 2.45) is 0 Å². The van der Waals surface area contributed by atoms with Gasteiger partial charge in [0.25, 0.3) is 0 Å². The van der Waals surface area contributed by atoms with E-state index in [1.807, 2.05) is 55.5 Å². The minimum atomic E-state index is 0.626. The van der Waals surface area contributed by atoms with Crippen molar-refractivity contribution in [3.8, 4) is 11.5 Å². The predicted molar refractivity (Wildman–Crippen MR) is 112 cm³/mol. The first-order chi connectivity index (χ1) is 13.7. The molecule has 0 fully saturated rings. The van der Waals surface area contributed by atoms with Crippen LogP contribution in [0.2, 0.25) is 0 Å². The number of anilines is 2. The Morgan fingerprint density at radius 3 is 2.04 bits per heavy atom. The first kappa shape index (κ1) is 19.5. The molecule has 6 heteroatoms. The molecule has 1 aromatic heterocycles. The van der Waals surface area contributed by atoms with Gasteiger partial charge < -0.3 is 20.1 Å². The number of ether oxygens (including phenoxy) is 2. The van der Waals surface area contributed by atoms with E-state index in [0.29, 0.717) is 12.4 Å². The quantitative estimate of drug-likeness (QED) is 0.585.